The third-order valence-electron chi connectivity index (χ3n) is 2.94. The molecular formula is C13H16ClIN2O. The summed E-state index contributed by atoms with van der Waals surface area (Å²) >= 11 is 8.16. The first kappa shape index (κ1) is 14.1. The van der Waals surface area contributed by atoms with Gasteiger partial charge < -0.3 is 10.2 Å². The van der Waals surface area contributed by atoms with Gasteiger partial charge in [-0.15, -0.1) is 0 Å². The Kier molecular flexibility index (Phi) is 4.50. The normalized spacial score (nSPS) is 19.9. The number of anilines is 1. The first-order chi connectivity index (χ1) is 8.49. The number of amides is 1. The fraction of sp³-hybridized carbons (Fsp3) is 0.462. The molecule has 1 N–H and O–H groups in total. The highest BCUT2D eigenvalue weighted by Crippen LogP contribution is 2.29. The molecule has 1 atom stereocenters. The van der Waals surface area contributed by atoms with Crippen molar-refractivity contribution >= 4 is 45.8 Å². The van der Waals surface area contributed by atoms with Gasteiger partial charge in [0.2, 0.25) is 5.91 Å². The van der Waals surface area contributed by atoms with Crippen molar-refractivity contribution < 1.29 is 4.79 Å². The Morgan fingerprint density at radius 2 is 2.22 bits per heavy atom. The summed E-state index contributed by atoms with van der Waals surface area (Å²) in [6, 6.07) is 5.89. The molecular weight excluding hydrogens is 363 g/mol. The van der Waals surface area contributed by atoms with E-state index in [-0.39, 0.29) is 11.9 Å². The zero-order valence-corrected chi connectivity index (χ0v) is 13.3. The highest BCUT2D eigenvalue weighted by atomic mass is 127. The summed E-state index contributed by atoms with van der Waals surface area (Å²) in [4.78, 5) is 14.2. The van der Waals surface area contributed by atoms with Crippen molar-refractivity contribution in [2.45, 2.75) is 32.4 Å². The number of carbonyl (C=O) groups is 1. The van der Waals surface area contributed by atoms with E-state index in [1.54, 1.807) is 0 Å². The summed E-state index contributed by atoms with van der Waals surface area (Å²) in [5, 5.41) is 4.00. The van der Waals surface area contributed by atoms with E-state index >= 15 is 0 Å². The van der Waals surface area contributed by atoms with Crippen LogP contribution >= 0.6 is 34.2 Å². The highest BCUT2D eigenvalue weighted by molar-refractivity contribution is 14.1. The van der Waals surface area contributed by atoms with E-state index in [1.807, 2.05) is 23.1 Å². The van der Waals surface area contributed by atoms with E-state index in [0.717, 1.165) is 22.2 Å². The molecule has 0 spiro atoms. The van der Waals surface area contributed by atoms with Crippen LogP contribution in [0.15, 0.2) is 18.2 Å². The molecule has 98 valence electrons. The van der Waals surface area contributed by atoms with Crippen molar-refractivity contribution in [1.82, 2.24) is 5.32 Å². The molecule has 1 aliphatic heterocycles. The van der Waals surface area contributed by atoms with Crippen LogP contribution in [0.5, 0.6) is 0 Å². The fourth-order valence-corrected chi connectivity index (χ4v) is 3.34. The van der Waals surface area contributed by atoms with Gasteiger partial charge in [-0.1, -0.05) is 25.4 Å². The van der Waals surface area contributed by atoms with Gasteiger partial charge in [0.15, 0.2) is 0 Å². The van der Waals surface area contributed by atoms with E-state index in [1.165, 1.54) is 0 Å². The number of rotatable bonds is 3. The molecule has 0 aliphatic carbocycles. The SMILES string of the molecule is CC(C)NC1CCN(c2ccc(Cl)cc2I)C1=O. The summed E-state index contributed by atoms with van der Waals surface area (Å²) in [5.41, 5.74) is 0.957. The second kappa shape index (κ2) is 5.75. The minimum absolute atomic E-state index is 0.0588. The summed E-state index contributed by atoms with van der Waals surface area (Å²) < 4.78 is 1.01. The molecule has 1 saturated heterocycles. The van der Waals surface area contributed by atoms with Crippen LogP contribution in [0, 0.1) is 3.57 Å². The van der Waals surface area contributed by atoms with Crippen LogP contribution < -0.4 is 10.2 Å². The molecule has 0 bridgehead atoms. The van der Waals surface area contributed by atoms with Gasteiger partial charge in [0, 0.05) is 21.2 Å². The maximum atomic E-state index is 12.3. The zero-order chi connectivity index (χ0) is 13.3. The third kappa shape index (κ3) is 2.97. The van der Waals surface area contributed by atoms with Gasteiger partial charge in [-0.3, -0.25) is 4.79 Å². The summed E-state index contributed by atoms with van der Waals surface area (Å²) in [6.07, 6.45) is 0.857. The van der Waals surface area contributed by atoms with Crippen LogP contribution in [-0.2, 0) is 4.79 Å². The number of halogens is 2. The highest BCUT2D eigenvalue weighted by Gasteiger charge is 2.33. The Hall–Kier alpha value is -0.330. The maximum absolute atomic E-state index is 12.3. The van der Waals surface area contributed by atoms with E-state index in [4.69, 9.17) is 11.6 Å². The van der Waals surface area contributed by atoms with E-state index < -0.39 is 0 Å². The Morgan fingerprint density at radius 3 is 2.83 bits per heavy atom. The number of hydrogen-bond acceptors (Lipinski definition) is 2. The van der Waals surface area contributed by atoms with Crippen LogP contribution in [0.1, 0.15) is 20.3 Å². The summed E-state index contributed by atoms with van der Waals surface area (Å²) in [5.74, 6) is 0.156. The average Bonchev–Trinajstić information content (AvgIpc) is 2.60. The zero-order valence-electron chi connectivity index (χ0n) is 10.4. The summed E-state index contributed by atoms with van der Waals surface area (Å²) in [7, 11) is 0. The minimum Gasteiger partial charge on any atom is -0.310 e. The van der Waals surface area contributed by atoms with Gasteiger partial charge >= 0.3 is 0 Å². The molecule has 0 radical (unpaired) electrons. The lowest BCUT2D eigenvalue weighted by Crippen LogP contribution is -2.41. The first-order valence-corrected chi connectivity index (χ1v) is 7.47. The molecule has 2 rings (SSSR count). The molecule has 1 aliphatic rings. The Labute approximate surface area is 126 Å². The molecule has 3 nitrogen and oxygen atoms in total. The van der Waals surface area contributed by atoms with Crippen molar-refractivity contribution in [3.63, 3.8) is 0 Å². The lowest BCUT2D eigenvalue weighted by Gasteiger charge is -2.19. The first-order valence-electron chi connectivity index (χ1n) is 6.01. The standard InChI is InChI=1S/C13H16ClIN2O/c1-8(2)16-11-5-6-17(13(11)18)12-4-3-9(14)7-10(12)15/h3-4,7-8,11,16H,5-6H2,1-2H3. The number of nitrogens with one attached hydrogen (secondary N) is 1. The van der Waals surface area contributed by atoms with Gasteiger partial charge in [-0.05, 0) is 47.2 Å². The van der Waals surface area contributed by atoms with Gasteiger partial charge in [0.25, 0.3) is 0 Å². The average molecular weight is 379 g/mol. The fourth-order valence-electron chi connectivity index (χ4n) is 2.18. The van der Waals surface area contributed by atoms with E-state index in [0.29, 0.717) is 11.1 Å². The van der Waals surface area contributed by atoms with Crippen molar-refractivity contribution in [2.75, 3.05) is 11.4 Å². The Bertz CT molecular complexity index is 464. The van der Waals surface area contributed by atoms with Crippen molar-refractivity contribution in [2.24, 2.45) is 0 Å². The van der Waals surface area contributed by atoms with Crippen LogP contribution in [-0.4, -0.2) is 24.5 Å². The number of hydrogen-bond donors (Lipinski definition) is 1. The van der Waals surface area contributed by atoms with E-state index in [2.05, 4.69) is 41.8 Å². The van der Waals surface area contributed by atoms with Gasteiger partial charge in [-0.2, -0.15) is 0 Å². The van der Waals surface area contributed by atoms with Crippen molar-refractivity contribution in [3.05, 3.63) is 26.8 Å². The predicted molar refractivity (Wildman–Crippen MR) is 83.2 cm³/mol. The Balaban J connectivity index is 2.18. The molecule has 1 aromatic carbocycles. The number of nitrogens with zero attached hydrogens (tertiary/aromatic N) is 1. The quantitative estimate of drug-likeness (QED) is 0.820. The van der Waals surface area contributed by atoms with Crippen LogP contribution in [0.4, 0.5) is 5.69 Å². The maximum Gasteiger partial charge on any atom is 0.244 e. The largest absolute Gasteiger partial charge is 0.310 e. The van der Waals surface area contributed by atoms with Crippen LogP contribution in [0.3, 0.4) is 0 Å². The van der Waals surface area contributed by atoms with Crippen LogP contribution in [0.2, 0.25) is 5.02 Å². The number of carbonyl (C=O) groups excluding carboxylic acids is 1. The lowest BCUT2D eigenvalue weighted by molar-refractivity contribution is -0.118. The van der Waals surface area contributed by atoms with Crippen molar-refractivity contribution in [3.8, 4) is 0 Å². The molecule has 5 heteroatoms. The lowest BCUT2D eigenvalue weighted by atomic mass is 10.2. The molecule has 0 saturated carbocycles. The molecule has 0 aromatic heterocycles. The summed E-state index contributed by atoms with van der Waals surface area (Å²) in [6.45, 7) is 4.88. The second-order valence-electron chi connectivity index (χ2n) is 4.75. The van der Waals surface area contributed by atoms with E-state index in [9.17, 15) is 4.79 Å². The third-order valence-corrected chi connectivity index (χ3v) is 4.04. The second-order valence-corrected chi connectivity index (χ2v) is 6.35. The molecule has 18 heavy (non-hydrogen) atoms. The van der Waals surface area contributed by atoms with Gasteiger partial charge in [-0.25, -0.2) is 0 Å². The van der Waals surface area contributed by atoms with Crippen molar-refractivity contribution in [1.29, 1.82) is 0 Å². The van der Waals surface area contributed by atoms with Gasteiger partial charge in [0.1, 0.15) is 0 Å². The molecule has 1 fully saturated rings. The molecule has 1 unspecified atom stereocenters. The molecule has 1 heterocycles. The smallest absolute Gasteiger partial charge is 0.244 e. The topological polar surface area (TPSA) is 32.3 Å². The number of benzene rings is 1. The molecule has 1 amide bonds. The minimum atomic E-state index is -0.0588. The van der Waals surface area contributed by atoms with Crippen LogP contribution in [0.25, 0.3) is 0 Å². The monoisotopic (exact) mass is 378 g/mol. The Morgan fingerprint density at radius 1 is 1.50 bits per heavy atom. The van der Waals surface area contributed by atoms with Gasteiger partial charge in [0.05, 0.1) is 11.7 Å². The molecule has 1 aromatic rings. The predicted octanol–water partition coefficient (Wildman–Crippen LogP) is 3.05.